The Kier molecular flexibility index (Phi) is 2.13. The molecule has 2 rings (SSSR count). The van der Waals surface area contributed by atoms with Crippen LogP contribution in [0.25, 0.3) is 0 Å². The third-order valence-corrected chi connectivity index (χ3v) is 2.81. The van der Waals surface area contributed by atoms with Gasteiger partial charge < -0.3 is 0 Å². The number of hydrazine groups is 1. The van der Waals surface area contributed by atoms with E-state index in [2.05, 4.69) is 45.0 Å². The minimum Gasteiger partial charge on any atom is -0.268 e. The molecule has 2 heteroatoms. The van der Waals surface area contributed by atoms with E-state index >= 15 is 0 Å². The number of hydrogen-bond donors (Lipinski definition) is 1. The highest BCUT2D eigenvalue weighted by Gasteiger charge is 2.32. The molecule has 2 unspecified atom stereocenters. The van der Waals surface area contributed by atoms with Crippen molar-refractivity contribution >= 4 is 0 Å². The van der Waals surface area contributed by atoms with Gasteiger partial charge in [0.25, 0.3) is 0 Å². The fourth-order valence-electron chi connectivity index (χ4n) is 1.65. The summed E-state index contributed by atoms with van der Waals surface area (Å²) >= 11 is 0. The van der Waals surface area contributed by atoms with Crippen molar-refractivity contribution < 1.29 is 0 Å². The molecule has 2 nitrogen and oxygen atoms in total. The Labute approximate surface area is 85.7 Å². The average Bonchev–Trinajstić information content (AvgIpc) is 2.81. The molecule has 2 N–H and O–H groups in total. The minimum absolute atomic E-state index is 0.241. The van der Waals surface area contributed by atoms with Crippen molar-refractivity contribution in [3.8, 4) is 0 Å². The maximum absolute atomic E-state index is 5.66. The molecule has 0 bridgehead atoms. The molecule has 0 aliphatic carbocycles. The van der Waals surface area contributed by atoms with Crippen molar-refractivity contribution in [2.24, 2.45) is 5.84 Å². The molecule has 76 valence electrons. The quantitative estimate of drug-likeness (QED) is 0.543. The van der Waals surface area contributed by atoms with Crippen LogP contribution in [0.3, 0.4) is 0 Å². The van der Waals surface area contributed by atoms with Gasteiger partial charge in [-0.2, -0.15) is 0 Å². The van der Waals surface area contributed by atoms with Crippen molar-refractivity contribution in [1.82, 2.24) is 5.01 Å². The molecule has 14 heavy (non-hydrogen) atoms. The molecule has 1 saturated heterocycles. The number of nitrogens with two attached hydrogens (primary N) is 1. The normalized spacial score (nSPS) is 26.3. The number of nitrogens with zero attached hydrogens (tertiary/aromatic N) is 1. The summed E-state index contributed by atoms with van der Waals surface area (Å²) in [6, 6.07) is 9.27. The van der Waals surface area contributed by atoms with E-state index in [4.69, 9.17) is 5.84 Å². The molecule has 0 spiro atoms. The van der Waals surface area contributed by atoms with Gasteiger partial charge in [0.15, 0.2) is 0 Å². The molecule has 1 aliphatic rings. The number of hydrogen-bond acceptors (Lipinski definition) is 2. The smallest absolute Gasteiger partial charge is 0.0632 e. The van der Waals surface area contributed by atoms with Gasteiger partial charge in [0.1, 0.15) is 0 Å². The lowest BCUT2D eigenvalue weighted by Gasteiger charge is -2.19. The van der Waals surface area contributed by atoms with Gasteiger partial charge in [0.2, 0.25) is 0 Å². The van der Waals surface area contributed by atoms with Gasteiger partial charge in [-0.1, -0.05) is 45.0 Å². The first-order valence-corrected chi connectivity index (χ1v) is 5.10. The Morgan fingerprint density at radius 3 is 2.07 bits per heavy atom. The van der Waals surface area contributed by atoms with Gasteiger partial charge in [-0.25, -0.2) is 5.01 Å². The van der Waals surface area contributed by atoms with Crippen molar-refractivity contribution in [3.05, 3.63) is 35.4 Å². The van der Waals surface area contributed by atoms with Gasteiger partial charge in [-0.05, 0) is 16.5 Å². The van der Waals surface area contributed by atoms with Crippen molar-refractivity contribution in [2.45, 2.75) is 32.2 Å². The van der Waals surface area contributed by atoms with Crippen LogP contribution >= 0.6 is 0 Å². The molecule has 1 aromatic carbocycles. The van der Waals surface area contributed by atoms with E-state index in [0.29, 0.717) is 6.04 Å². The summed E-state index contributed by atoms with van der Waals surface area (Å²) in [5, 5.41) is 1.85. The van der Waals surface area contributed by atoms with Crippen LogP contribution in [0.2, 0.25) is 0 Å². The average molecular weight is 190 g/mol. The highest BCUT2D eigenvalue weighted by Crippen LogP contribution is 2.32. The topological polar surface area (TPSA) is 29.0 Å². The van der Waals surface area contributed by atoms with E-state index in [-0.39, 0.29) is 5.41 Å². The molecule has 0 amide bonds. The molecule has 2 atom stereocenters. The highest BCUT2D eigenvalue weighted by atomic mass is 15.5. The maximum Gasteiger partial charge on any atom is 0.0632 e. The van der Waals surface area contributed by atoms with Crippen LogP contribution in [0.15, 0.2) is 24.3 Å². The largest absolute Gasteiger partial charge is 0.268 e. The third-order valence-electron chi connectivity index (χ3n) is 2.81. The Balaban J connectivity index is 2.18. The lowest BCUT2D eigenvalue weighted by atomic mass is 9.86. The zero-order valence-electron chi connectivity index (χ0n) is 9.12. The summed E-state index contributed by atoms with van der Waals surface area (Å²) in [5.41, 5.74) is 2.95. The van der Waals surface area contributed by atoms with Crippen molar-refractivity contribution in [3.63, 3.8) is 0 Å². The number of rotatable bonds is 1. The lowest BCUT2D eigenvalue weighted by molar-refractivity contribution is 0.547. The van der Waals surface area contributed by atoms with Crippen LogP contribution in [0.5, 0.6) is 0 Å². The van der Waals surface area contributed by atoms with E-state index in [9.17, 15) is 0 Å². The maximum atomic E-state index is 5.66. The van der Waals surface area contributed by atoms with Crippen LogP contribution in [-0.2, 0) is 5.41 Å². The second-order valence-electron chi connectivity index (χ2n) is 5.08. The second-order valence-corrected chi connectivity index (χ2v) is 5.08. The summed E-state index contributed by atoms with van der Waals surface area (Å²) in [6.07, 6.45) is 0. The Bertz CT molecular complexity index is 321. The third kappa shape index (κ3) is 1.81. The molecule has 0 aromatic heterocycles. The SMILES string of the molecule is CC(C)(C)c1ccc(C2CN2N)cc1. The van der Waals surface area contributed by atoms with Crippen LogP contribution in [0.1, 0.15) is 37.9 Å². The zero-order valence-corrected chi connectivity index (χ0v) is 9.12. The molecular formula is C12H18N2. The van der Waals surface area contributed by atoms with Gasteiger partial charge in [-0.3, -0.25) is 5.84 Å². The summed E-state index contributed by atoms with van der Waals surface area (Å²) in [6.45, 7) is 7.69. The standard InChI is InChI=1S/C12H18N2/c1-12(2,3)10-6-4-9(5-7-10)11-8-14(11)13/h4-7,11H,8,13H2,1-3H3. The molecule has 1 heterocycles. The summed E-state index contributed by atoms with van der Waals surface area (Å²) in [4.78, 5) is 0. The Morgan fingerprint density at radius 1 is 1.21 bits per heavy atom. The van der Waals surface area contributed by atoms with E-state index in [1.54, 1.807) is 0 Å². The van der Waals surface area contributed by atoms with E-state index < -0.39 is 0 Å². The van der Waals surface area contributed by atoms with E-state index in [1.165, 1.54) is 11.1 Å². The zero-order chi connectivity index (χ0) is 10.3. The fraction of sp³-hybridized carbons (Fsp3) is 0.500. The van der Waals surface area contributed by atoms with Crippen LogP contribution in [0, 0.1) is 0 Å². The summed E-state index contributed by atoms with van der Waals surface area (Å²) in [5.74, 6) is 5.66. The Morgan fingerprint density at radius 2 is 1.71 bits per heavy atom. The molecular weight excluding hydrogens is 172 g/mol. The van der Waals surface area contributed by atoms with Gasteiger partial charge in [0.05, 0.1) is 6.04 Å². The van der Waals surface area contributed by atoms with E-state index in [1.807, 2.05) is 5.01 Å². The van der Waals surface area contributed by atoms with Crippen molar-refractivity contribution in [2.75, 3.05) is 6.54 Å². The van der Waals surface area contributed by atoms with Crippen molar-refractivity contribution in [1.29, 1.82) is 0 Å². The molecule has 0 radical (unpaired) electrons. The molecule has 1 aliphatic heterocycles. The molecule has 1 aromatic rings. The fourth-order valence-corrected chi connectivity index (χ4v) is 1.65. The van der Waals surface area contributed by atoms with Gasteiger partial charge in [-0.15, -0.1) is 0 Å². The number of benzene rings is 1. The molecule has 0 saturated carbocycles. The second kappa shape index (κ2) is 3.07. The van der Waals surface area contributed by atoms with E-state index in [0.717, 1.165) is 6.54 Å². The van der Waals surface area contributed by atoms with Crippen LogP contribution in [-0.4, -0.2) is 11.6 Å². The predicted octanol–water partition coefficient (Wildman–Crippen LogP) is 2.21. The predicted molar refractivity (Wildman–Crippen MR) is 58.8 cm³/mol. The Hall–Kier alpha value is -0.860. The van der Waals surface area contributed by atoms with Gasteiger partial charge in [0, 0.05) is 6.54 Å². The van der Waals surface area contributed by atoms with Crippen LogP contribution < -0.4 is 5.84 Å². The highest BCUT2D eigenvalue weighted by molar-refractivity contribution is 5.31. The summed E-state index contributed by atoms with van der Waals surface area (Å²) in [7, 11) is 0. The first-order valence-electron chi connectivity index (χ1n) is 5.10. The van der Waals surface area contributed by atoms with Crippen LogP contribution in [0.4, 0.5) is 0 Å². The first kappa shape index (κ1) is 9.69. The summed E-state index contributed by atoms with van der Waals surface area (Å²) < 4.78 is 0. The first-order chi connectivity index (χ1) is 6.48. The lowest BCUT2D eigenvalue weighted by Crippen LogP contribution is -2.11. The monoisotopic (exact) mass is 190 g/mol. The molecule has 1 fully saturated rings. The van der Waals surface area contributed by atoms with Gasteiger partial charge >= 0.3 is 0 Å². The minimum atomic E-state index is 0.241.